The lowest BCUT2D eigenvalue weighted by Gasteiger charge is -2.15. The molecule has 2 nitrogen and oxygen atoms in total. The van der Waals surface area contributed by atoms with Gasteiger partial charge in [0.25, 0.3) is 0 Å². The van der Waals surface area contributed by atoms with Crippen molar-refractivity contribution in [3.63, 3.8) is 0 Å². The van der Waals surface area contributed by atoms with Crippen molar-refractivity contribution in [3.05, 3.63) is 12.3 Å². The van der Waals surface area contributed by atoms with Gasteiger partial charge in [-0.05, 0) is 64.0 Å². The van der Waals surface area contributed by atoms with E-state index in [2.05, 4.69) is 28.6 Å². The molecule has 1 unspecified atom stereocenters. The predicted octanol–water partition coefficient (Wildman–Crippen LogP) is 2.94. The normalized spacial score (nSPS) is 23.3. The molecular weight excluding hydrogens is 236 g/mol. The molecule has 2 heterocycles. The molecule has 0 radical (unpaired) electrons. The first-order valence-corrected chi connectivity index (χ1v) is 10.8. The molecule has 104 valence electrons. The third-order valence-electron chi connectivity index (χ3n) is 4.37. The molecule has 2 rings (SSSR count). The number of rotatable bonds is 7. The van der Waals surface area contributed by atoms with Gasteiger partial charge < -0.3 is 9.80 Å². The minimum absolute atomic E-state index is 0.463. The summed E-state index contributed by atoms with van der Waals surface area (Å²) in [5.74, 6) is 0. The number of likely N-dealkylation sites (tertiary alicyclic amines) is 2. The van der Waals surface area contributed by atoms with Crippen LogP contribution in [0.1, 0.15) is 32.1 Å². The van der Waals surface area contributed by atoms with Crippen molar-refractivity contribution in [1.29, 1.82) is 0 Å². The summed E-state index contributed by atoms with van der Waals surface area (Å²) in [6.07, 6.45) is 11.9. The van der Waals surface area contributed by atoms with Crippen LogP contribution in [0.25, 0.3) is 0 Å². The molecule has 0 aromatic rings. The van der Waals surface area contributed by atoms with Crippen LogP contribution in [0.3, 0.4) is 0 Å². The van der Waals surface area contributed by atoms with Crippen molar-refractivity contribution in [3.8, 4) is 0 Å². The molecule has 2 aliphatic rings. The summed E-state index contributed by atoms with van der Waals surface area (Å²) in [7, 11) is -0.463. The third kappa shape index (κ3) is 5.15. The molecule has 2 fully saturated rings. The van der Waals surface area contributed by atoms with E-state index in [1.807, 2.05) is 0 Å². The van der Waals surface area contributed by atoms with Crippen molar-refractivity contribution < 1.29 is 0 Å². The SMILES string of the molecule is C[SiH](CC=CN1CCCC1)CCCN1CCCC1. The second kappa shape index (κ2) is 8.00. The van der Waals surface area contributed by atoms with E-state index in [-0.39, 0.29) is 0 Å². The molecule has 3 heteroatoms. The van der Waals surface area contributed by atoms with Crippen molar-refractivity contribution in [2.45, 2.75) is 50.7 Å². The summed E-state index contributed by atoms with van der Waals surface area (Å²) in [4.78, 5) is 5.15. The fraction of sp³-hybridized carbons (Fsp3) is 0.867. The van der Waals surface area contributed by atoms with E-state index in [1.54, 1.807) is 0 Å². The largest absolute Gasteiger partial charge is 0.378 e. The highest BCUT2D eigenvalue weighted by Gasteiger charge is 2.11. The van der Waals surface area contributed by atoms with Crippen molar-refractivity contribution in [2.75, 3.05) is 32.7 Å². The van der Waals surface area contributed by atoms with E-state index in [0.717, 1.165) is 0 Å². The Morgan fingerprint density at radius 1 is 1.00 bits per heavy atom. The van der Waals surface area contributed by atoms with Crippen molar-refractivity contribution in [2.24, 2.45) is 0 Å². The molecule has 0 spiro atoms. The highest BCUT2D eigenvalue weighted by molar-refractivity contribution is 6.57. The molecule has 1 atom stereocenters. The lowest BCUT2D eigenvalue weighted by Crippen LogP contribution is -2.21. The van der Waals surface area contributed by atoms with E-state index in [0.29, 0.717) is 0 Å². The summed E-state index contributed by atoms with van der Waals surface area (Å²) in [5, 5.41) is 0. The predicted molar refractivity (Wildman–Crippen MR) is 82.9 cm³/mol. The molecule has 0 amide bonds. The van der Waals surface area contributed by atoms with Crippen LogP contribution in [0.2, 0.25) is 18.6 Å². The maximum atomic E-state index is 2.65. The molecular formula is C15H30N2Si. The Morgan fingerprint density at radius 3 is 2.39 bits per heavy atom. The number of nitrogens with zero attached hydrogens (tertiary/aromatic N) is 2. The first-order valence-electron chi connectivity index (χ1n) is 7.97. The van der Waals surface area contributed by atoms with Crippen LogP contribution in [0.5, 0.6) is 0 Å². The topological polar surface area (TPSA) is 6.48 Å². The lowest BCUT2D eigenvalue weighted by atomic mass is 10.4. The van der Waals surface area contributed by atoms with Gasteiger partial charge >= 0.3 is 0 Å². The zero-order chi connectivity index (χ0) is 12.6. The molecule has 0 aromatic heterocycles. The van der Waals surface area contributed by atoms with Gasteiger partial charge in [0.05, 0.1) is 0 Å². The van der Waals surface area contributed by atoms with Gasteiger partial charge in [0.15, 0.2) is 0 Å². The Hall–Kier alpha value is -0.283. The van der Waals surface area contributed by atoms with Crippen LogP contribution in [-0.2, 0) is 0 Å². The lowest BCUT2D eigenvalue weighted by molar-refractivity contribution is 0.339. The third-order valence-corrected chi connectivity index (χ3v) is 6.84. The average molecular weight is 267 g/mol. The van der Waals surface area contributed by atoms with Crippen LogP contribution in [0.15, 0.2) is 12.3 Å². The Labute approximate surface area is 115 Å². The molecule has 0 saturated carbocycles. The molecule has 2 aliphatic heterocycles. The molecule has 2 saturated heterocycles. The first kappa shape index (κ1) is 14.1. The van der Waals surface area contributed by atoms with Crippen LogP contribution in [-0.4, -0.2) is 51.3 Å². The van der Waals surface area contributed by atoms with Crippen LogP contribution < -0.4 is 0 Å². The maximum Gasteiger partial charge on any atom is 0.0376 e. The molecule has 0 N–H and O–H groups in total. The Morgan fingerprint density at radius 2 is 1.67 bits per heavy atom. The van der Waals surface area contributed by atoms with E-state index in [9.17, 15) is 0 Å². The second-order valence-electron chi connectivity index (χ2n) is 6.16. The minimum atomic E-state index is -0.463. The highest BCUT2D eigenvalue weighted by Crippen LogP contribution is 2.12. The van der Waals surface area contributed by atoms with Gasteiger partial charge in [-0.15, -0.1) is 0 Å². The van der Waals surface area contributed by atoms with Gasteiger partial charge in [0.2, 0.25) is 0 Å². The zero-order valence-electron chi connectivity index (χ0n) is 12.1. The zero-order valence-corrected chi connectivity index (χ0v) is 13.3. The Kier molecular flexibility index (Phi) is 6.28. The summed E-state index contributed by atoms with van der Waals surface area (Å²) in [6, 6.07) is 2.93. The summed E-state index contributed by atoms with van der Waals surface area (Å²) < 4.78 is 0. The van der Waals surface area contributed by atoms with Crippen molar-refractivity contribution in [1.82, 2.24) is 9.80 Å². The monoisotopic (exact) mass is 266 g/mol. The summed E-state index contributed by atoms with van der Waals surface area (Å²) in [6.45, 7) is 9.23. The molecule has 18 heavy (non-hydrogen) atoms. The van der Waals surface area contributed by atoms with Crippen molar-refractivity contribution >= 4 is 8.80 Å². The van der Waals surface area contributed by atoms with Gasteiger partial charge in [-0.25, -0.2) is 0 Å². The Bertz CT molecular complexity index is 243. The molecule has 0 aromatic carbocycles. The standard InChI is InChI=1S/C15H30N2Si/c1-18(14-6-12-16-8-2-3-9-16)15-7-13-17-10-4-5-11-17/h6,12,18H,2-5,7-11,13-15H2,1H3. The fourth-order valence-corrected chi connectivity index (χ4v) is 4.82. The maximum absolute atomic E-state index is 2.65. The average Bonchev–Trinajstić information content (AvgIpc) is 3.01. The Balaban J connectivity index is 1.50. The number of allylic oxidation sites excluding steroid dienone is 1. The summed E-state index contributed by atoms with van der Waals surface area (Å²) in [5.41, 5.74) is 0. The van der Waals surface area contributed by atoms with Crippen LogP contribution in [0.4, 0.5) is 0 Å². The number of hydrogen-bond acceptors (Lipinski definition) is 2. The van der Waals surface area contributed by atoms with E-state index >= 15 is 0 Å². The minimum Gasteiger partial charge on any atom is -0.378 e. The van der Waals surface area contributed by atoms with Gasteiger partial charge in [-0.1, -0.05) is 18.7 Å². The van der Waals surface area contributed by atoms with Gasteiger partial charge in [-0.3, -0.25) is 0 Å². The summed E-state index contributed by atoms with van der Waals surface area (Å²) >= 11 is 0. The van der Waals surface area contributed by atoms with E-state index < -0.39 is 8.80 Å². The van der Waals surface area contributed by atoms with E-state index in [1.165, 1.54) is 76.9 Å². The van der Waals surface area contributed by atoms with Crippen LogP contribution in [0, 0.1) is 0 Å². The smallest absolute Gasteiger partial charge is 0.0376 e. The second-order valence-corrected chi connectivity index (χ2v) is 9.42. The molecule has 0 bridgehead atoms. The molecule has 0 aliphatic carbocycles. The van der Waals surface area contributed by atoms with Gasteiger partial charge in [0, 0.05) is 21.9 Å². The van der Waals surface area contributed by atoms with E-state index in [4.69, 9.17) is 0 Å². The van der Waals surface area contributed by atoms with Crippen LogP contribution >= 0.6 is 0 Å². The highest BCUT2D eigenvalue weighted by atomic mass is 28.3. The number of hydrogen-bond donors (Lipinski definition) is 0. The first-order chi connectivity index (χ1) is 8.84. The van der Waals surface area contributed by atoms with Gasteiger partial charge in [0.1, 0.15) is 0 Å². The fourth-order valence-electron chi connectivity index (χ4n) is 3.12. The quantitative estimate of drug-likeness (QED) is 0.654. The van der Waals surface area contributed by atoms with Gasteiger partial charge in [-0.2, -0.15) is 0 Å².